The fourth-order valence-corrected chi connectivity index (χ4v) is 6.56. The number of hydrogen-bond acceptors (Lipinski definition) is 5. The van der Waals surface area contributed by atoms with E-state index >= 15 is 0 Å². The van der Waals surface area contributed by atoms with Crippen molar-refractivity contribution in [2.75, 3.05) is 19.8 Å². The summed E-state index contributed by atoms with van der Waals surface area (Å²) in [6, 6.07) is 18.3. The van der Waals surface area contributed by atoms with Crippen molar-refractivity contribution in [1.82, 2.24) is 14.3 Å². The predicted octanol–water partition coefficient (Wildman–Crippen LogP) is 7.90. The van der Waals surface area contributed by atoms with Crippen LogP contribution >= 0.6 is 11.6 Å². The number of ether oxygens (including phenoxy) is 3. The van der Waals surface area contributed by atoms with E-state index < -0.39 is 0 Å². The Morgan fingerprint density at radius 3 is 2.74 bits per heavy atom. The second kappa shape index (κ2) is 12.4. The summed E-state index contributed by atoms with van der Waals surface area (Å²) in [6.45, 7) is 8.56. The minimum Gasteiger partial charge on any atom is -0.493 e. The molecule has 6 rings (SSSR count). The van der Waals surface area contributed by atoms with E-state index in [1.807, 2.05) is 62.0 Å². The van der Waals surface area contributed by atoms with Crippen LogP contribution in [-0.2, 0) is 36.1 Å². The molecule has 0 aliphatic carbocycles. The van der Waals surface area contributed by atoms with E-state index in [1.165, 1.54) is 0 Å². The number of fused-ring (bicyclic) bond motifs is 3. The molecule has 1 atom stereocenters. The zero-order valence-corrected chi connectivity index (χ0v) is 26.0. The zero-order chi connectivity index (χ0) is 30.1. The van der Waals surface area contributed by atoms with Crippen molar-refractivity contribution in [3.8, 4) is 16.9 Å². The highest BCUT2D eigenvalue weighted by Gasteiger charge is 2.30. The molecule has 224 valence electrons. The van der Waals surface area contributed by atoms with E-state index in [9.17, 15) is 4.79 Å². The van der Waals surface area contributed by atoms with Crippen LogP contribution in [0.3, 0.4) is 0 Å². The van der Waals surface area contributed by atoms with Crippen molar-refractivity contribution in [1.29, 1.82) is 0 Å². The van der Waals surface area contributed by atoms with Gasteiger partial charge in [-0.1, -0.05) is 61.0 Å². The number of carbonyl (C=O) groups excluding carboxylic acids is 1. The minimum absolute atomic E-state index is 0.260. The van der Waals surface area contributed by atoms with Crippen molar-refractivity contribution in [2.45, 2.75) is 53.2 Å². The molecule has 43 heavy (non-hydrogen) atoms. The lowest BCUT2D eigenvalue weighted by molar-refractivity contribution is 0.0511. The molecular formula is C35H38ClN3O4. The summed E-state index contributed by atoms with van der Waals surface area (Å²) in [4.78, 5) is 13.7. The van der Waals surface area contributed by atoms with Gasteiger partial charge in [0.1, 0.15) is 11.4 Å². The molecule has 3 aromatic carbocycles. The Morgan fingerprint density at radius 2 is 1.91 bits per heavy atom. The molecule has 0 N–H and O–H groups in total. The Kier molecular flexibility index (Phi) is 8.46. The minimum atomic E-state index is -0.313. The molecule has 1 unspecified atom stereocenters. The largest absolute Gasteiger partial charge is 0.493 e. The second-order valence-electron chi connectivity index (χ2n) is 11.4. The van der Waals surface area contributed by atoms with Crippen molar-refractivity contribution >= 4 is 39.2 Å². The number of esters is 1. The van der Waals surface area contributed by atoms with Gasteiger partial charge in [-0.3, -0.25) is 4.68 Å². The Morgan fingerprint density at radius 1 is 1.09 bits per heavy atom. The van der Waals surface area contributed by atoms with Gasteiger partial charge in [0.2, 0.25) is 0 Å². The Hall–Kier alpha value is -3.81. The van der Waals surface area contributed by atoms with E-state index in [-0.39, 0.29) is 11.9 Å². The van der Waals surface area contributed by atoms with Crippen LogP contribution in [0.5, 0.6) is 5.75 Å². The first-order valence-corrected chi connectivity index (χ1v) is 15.5. The lowest BCUT2D eigenvalue weighted by atomic mass is 9.98. The average molecular weight is 600 g/mol. The van der Waals surface area contributed by atoms with Crippen LogP contribution in [0, 0.1) is 12.8 Å². The highest BCUT2D eigenvalue weighted by Crippen LogP contribution is 2.43. The number of carbonyl (C=O) groups is 1. The van der Waals surface area contributed by atoms with Crippen LogP contribution in [0.15, 0.2) is 54.6 Å². The number of benzene rings is 3. The smallest absolute Gasteiger partial charge is 0.355 e. The lowest BCUT2D eigenvalue weighted by Crippen LogP contribution is -2.18. The van der Waals surface area contributed by atoms with Crippen LogP contribution in [0.25, 0.3) is 32.8 Å². The molecule has 0 amide bonds. The summed E-state index contributed by atoms with van der Waals surface area (Å²) < 4.78 is 22.1. The molecule has 0 bridgehead atoms. The Labute approximate surface area is 257 Å². The molecule has 2 aromatic heterocycles. The summed E-state index contributed by atoms with van der Waals surface area (Å²) in [7, 11) is 1.94. The third-order valence-corrected chi connectivity index (χ3v) is 8.78. The first kappa shape index (κ1) is 29.3. The normalized spacial score (nSPS) is 15.3. The number of hydrogen-bond donors (Lipinski definition) is 0. The van der Waals surface area contributed by atoms with Gasteiger partial charge in [-0.2, -0.15) is 5.10 Å². The number of halogens is 1. The molecule has 0 spiro atoms. The highest BCUT2D eigenvalue weighted by molar-refractivity contribution is 6.35. The zero-order valence-electron chi connectivity index (χ0n) is 25.3. The molecular weight excluding hydrogens is 562 g/mol. The molecule has 3 heterocycles. The Balaban J connectivity index is 1.47. The van der Waals surface area contributed by atoms with Crippen LogP contribution in [0.4, 0.5) is 0 Å². The fourth-order valence-electron chi connectivity index (χ4n) is 6.31. The van der Waals surface area contributed by atoms with Gasteiger partial charge in [0.15, 0.2) is 0 Å². The first-order chi connectivity index (χ1) is 20.9. The molecule has 8 heteroatoms. The van der Waals surface area contributed by atoms with Gasteiger partial charge in [-0.15, -0.1) is 0 Å². The maximum atomic E-state index is 13.7. The molecule has 0 saturated carbocycles. The lowest BCUT2D eigenvalue weighted by Gasteiger charge is -2.18. The molecule has 5 aromatic rings. The van der Waals surface area contributed by atoms with Gasteiger partial charge in [-0.05, 0) is 62.1 Å². The van der Waals surface area contributed by atoms with Crippen LogP contribution in [0.1, 0.15) is 54.1 Å². The summed E-state index contributed by atoms with van der Waals surface area (Å²) >= 11 is 7.03. The fraction of sp³-hybridized carbons (Fsp3) is 0.371. The maximum Gasteiger partial charge on any atom is 0.355 e. The number of rotatable bonds is 7. The van der Waals surface area contributed by atoms with Gasteiger partial charge < -0.3 is 18.8 Å². The topological polar surface area (TPSA) is 67.5 Å². The number of aromatic nitrogens is 3. The van der Waals surface area contributed by atoms with E-state index in [1.54, 1.807) is 0 Å². The maximum absolute atomic E-state index is 13.7. The summed E-state index contributed by atoms with van der Waals surface area (Å²) in [5.41, 5.74) is 6.22. The van der Waals surface area contributed by atoms with Gasteiger partial charge in [0.25, 0.3) is 0 Å². The summed E-state index contributed by atoms with van der Waals surface area (Å²) in [6.07, 6.45) is 2.24. The molecule has 0 fully saturated rings. The van der Waals surface area contributed by atoms with Crippen molar-refractivity contribution in [2.24, 2.45) is 13.0 Å². The Bertz CT molecular complexity index is 1800. The van der Waals surface area contributed by atoms with Gasteiger partial charge in [-0.25, -0.2) is 4.79 Å². The quantitative estimate of drug-likeness (QED) is 0.140. The SMILES string of the molecule is CCOC(=O)c1c(CCCOc2cccc3ccccc23)c2ccc(Cl)c3c2n1CC(C)CCOCc1nn(C)c(C)c1-3. The van der Waals surface area contributed by atoms with E-state index in [4.69, 9.17) is 30.9 Å². The monoisotopic (exact) mass is 599 g/mol. The molecule has 0 saturated heterocycles. The summed E-state index contributed by atoms with van der Waals surface area (Å²) in [5.74, 6) is 0.813. The van der Waals surface area contributed by atoms with Crippen molar-refractivity contribution in [3.05, 3.63) is 82.3 Å². The van der Waals surface area contributed by atoms with Gasteiger partial charge in [0, 0.05) is 47.8 Å². The van der Waals surface area contributed by atoms with Crippen LogP contribution in [0.2, 0.25) is 5.02 Å². The van der Waals surface area contributed by atoms with Crippen LogP contribution in [-0.4, -0.2) is 40.1 Å². The van der Waals surface area contributed by atoms with E-state index in [0.29, 0.717) is 50.1 Å². The molecule has 7 nitrogen and oxygen atoms in total. The van der Waals surface area contributed by atoms with Gasteiger partial charge in [0.05, 0.1) is 36.1 Å². The molecule has 0 radical (unpaired) electrons. The standard InChI is InChI=1S/C35H38ClN3O4/c1-5-42-35(40)34-26(13-9-18-43-30-14-8-11-24-10-6-7-12-25(24)30)27-15-16-28(36)32-31-23(3)38(4)37-29(31)21-41-19-17-22(2)20-39(34)33(27)32/h6-8,10-12,14-16,22H,5,9,13,17-21H2,1-4H3. The second-order valence-corrected chi connectivity index (χ2v) is 11.8. The third kappa shape index (κ3) is 5.52. The van der Waals surface area contributed by atoms with E-state index in [0.717, 1.165) is 68.3 Å². The average Bonchev–Trinajstić information content (AvgIpc) is 3.45. The number of aryl methyl sites for hydroxylation is 2. The molecule has 1 aliphatic rings. The van der Waals surface area contributed by atoms with Crippen molar-refractivity contribution in [3.63, 3.8) is 0 Å². The molecule has 1 aliphatic heterocycles. The van der Waals surface area contributed by atoms with Gasteiger partial charge >= 0.3 is 5.97 Å². The highest BCUT2D eigenvalue weighted by atomic mass is 35.5. The first-order valence-electron chi connectivity index (χ1n) is 15.1. The predicted molar refractivity (Wildman–Crippen MR) is 171 cm³/mol. The van der Waals surface area contributed by atoms with E-state index in [2.05, 4.69) is 29.7 Å². The third-order valence-electron chi connectivity index (χ3n) is 8.47. The summed E-state index contributed by atoms with van der Waals surface area (Å²) in [5, 5.41) is 8.67. The number of nitrogens with zero attached hydrogens (tertiary/aromatic N) is 3. The van der Waals surface area contributed by atoms with Crippen LogP contribution < -0.4 is 4.74 Å². The van der Waals surface area contributed by atoms with Crippen molar-refractivity contribution < 1.29 is 19.0 Å².